The molecule has 0 unspecified atom stereocenters. The van der Waals surface area contributed by atoms with Gasteiger partial charge in [-0.15, -0.1) is 0 Å². The second-order valence-corrected chi connectivity index (χ2v) is 8.46. The van der Waals surface area contributed by atoms with Crippen LogP contribution in [0.1, 0.15) is 55.5 Å². The highest BCUT2D eigenvalue weighted by atomic mass is 19.4. The minimum absolute atomic E-state index is 0.0229. The van der Waals surface area contributed by atoms with E-state index in [0.29, 0.717) is 5.69 Å². The second-order valence-electron chi connectivity index (χ2n) is 8.46. The average molecular weight is 464 g/mol. The number of anilines is 3. The molecule has 2 atom stereocenters. The number of hydrogen-bond acceptors (Lipinski definition) is 6. The quantitative estimate of drug-likeness (QED) is 0.519. The van der Waals surface area contributed by atoms with Gasteiger partial charge in [0.2, 0.25) is 5.95 Å². The summed E-state index contributed by atoms with van der Waals surface area (Å²) in [7, 11) is 1.47. The smallest absolute Gasteiger partial charge is 0.383 e. The number of rotatable bonds is 7. The van der Waals surface area contributed by atoms with Gasteiger partial charge in [-0.05, 0) is 49.9 Å². The number of ether oxygens (including phenoxy) is 1. The lowest BCUT2D eigenvalue weighted by Gasteiger charge is -2.24. The van der Waals surface area contributed by atoms with Crippen LogP contribution in [-0.2, 0) is 10.9 Å². The van der Waals surface area contributed by atoms with Crippen molar-refractivity contribution in [3.63, 3.8) is 0 Å². The lowest BCUT2D eigenvalue weighted by Crippen LogP contribution is -2.41. The summed E-state index contributed by atoms with van der Waals surface area (Å²) in [5.74, 6) is -0.269. The Hall–Kier alpha value is -3.08. The molecule has 8 nitrogen and oxygen atoms in total. The number of fused-ring (bicyclic) bond motifs is 5. The number of methoxy groups -OCH3 is 1. The van der Waals surface area contributed by atoms with E-state index in [2.05, 4.69) is 25.9 Å². The average Bonchev–Trinajstić information content (AvgIpc) is 3.30. The van der Waals surface area contributed by atoms with Crippen LogP contribution >= 0.6 is 0 Å². The molecule has 1 saturated heterocycles. The molecule has 11 heteroatoms. The molecule has 2 aromatic rings. The Balaban J connectivity index is 1.55. The number of urea groups is 1. The molecule has 1 aromatic heterocycles. The molecule has 4 rings (SSSR count). The zero-order chi connectivity index (χ0) is 23.8. The van der Waals surface area contributed by atoms with E-state index in [0.717, 1.165) is 30.2 Å². The molecule has 2 aliphatic heterocycles. The zero-order valence-electron chi connectivity index (χ0n) is 18.7. The molecule has 178 valence electrons. The Bertz CT molecular complexity index is 1030. The molecule has 0 aliphatic carbocycles. The van der Waals surface area contributed by atoms with Crippen molar-refractivity contribution >= 4 is 23.5 Å². The summed E-state index contributed by atoms with van der Waals surface area (Å²) < 4.78 is 44.9. The van der Waals surface area contributed by atoms with E-state index < -0.39 is 11.7 Å². The van der Waals surface area contributed by atoms with Gasteiger partial charge in [-0.2, -0.15) is 18.2 Å². The fourth-order valence-corrected chi connectivity index (χ4v) is 4.46. The molecular weight excluding hydrogens is 437 g/mol. The zero-order valence-corrected chi connectivity index (χ0v) is 18.7. The fourth-order valence-electron chi connectivity index (χ4n) is 4.46. The van der Waals surface area contributed by atoms with Crippen molar-refractivity contribution in [2.24, 2.45) is 0 Å². The minimum atomic E-state index is -4.58. The first-order valence-electron chi connectivity index (χ1n) is 10.9. The van der Waals surface area contributed by atoms with Crippen LogP contribution in [0.5, 0.6) is 0 Å². The second kappa shape index (κ2) is 9.05. The van der Waals surface area contributed by atoms with Crippen LogP contribution in [0, 0.1) is 0 Å². The van der Waals surface area contributed by atoms with E-state index in [-0.39, 0.29) is 49.1 Å². The van der Waals surface area contributed by atoms with E-state index in [4.69, 9.17) is 4.74 Å². The van der Waals surface area contributed by atoms with Gasteiger partial charge in [0.25, 0.3) is 0 Å². The summed E-state index contributed by atoms with van der Waals surface area (Å²) in [6, 6.07) is 5.69. The lowest BCUT2D eigenvalue weighted by atomic mass is 9.91. The Kier molecular flexibility index (Phi) is 6.33. The van der Waals surface area contributed by atoms with Gasteiger partial charge >= 0.3 is 12.2 Å². The number of nitrogens with zero attached hydrogens (tertiary/aromatic N) is 3. The Morgan fingerprint density at radius 1 is 1.24 bits per heavy atom. The molecule has 33 heavy (non-hydrogen) atoms. The van der Waals surface area contributed by atoms with Crippen molar-refractivity contribution in [2.45, 2.75) is 51.0 Å². The third-order valence-electron chi connectivity index (χ3n) is 5.79. The first kappa shape index (κ1) is 23.1. The van der Waals surface area contributed by atoms with Crippen molar-refractivity contribution in [1.29, 1.82) is 0 Å². The minimum Gasteiger partial charge on any atom is -0.383 e. The highest BCUT2D eigenvalue weighted by molar-refractivity contribution is 5.78. The molecule has 2 bridgehead atoms. The number of halogens is 3. The van der Waals surface area contributed by atoms with Gasteiger partial charge in [0.1, 0.15) is 11.4 Å². The van der Waals surface area contributed by atoms with Gasteiger partial charge in [0, 0.05) is 31.6 Å². The number of hydrogen-bond donors (Lipinski definition) is 3. The maximum Gasteiger partial charge on any atom is 0.421 e. The molecule has 1 fully saturated rings. The summed E-state index contributed by atoms with van der Waals surface area (Å²) in [5.41, 5.74) is 1.85. The fraction of sp³-hybridized carbons (Fsp3) is 0.500. The van der Waals surface area contributed by atoms with Crippen LogP contribution in [-0.4, -0.2) is 47.2 Å². The highest BCUT2D eigenvalue weighted by Crippen LogP contribution is 2.53. The maximum absolute atomic E-state index is 13.3. The summed E-state index contributed by atoms with van der Waals surface area (Å²) in [5, 5.41) is 8.62. The molecule has 2 amide bonds. The van der Waals surface area contributed by atoms with Gasteiger partial charge in [0.15, 0.2) is 0 Å². The van der Waals surface area contributed by atoms with E-state index in [1.165, 1.54) is 7.11 Å². The molecule has 3 N–H and O–H groups in total. The predicted octanol–water partition coefficient (Wildman–Crippen LogP) is 4.61. The Morgan fingerprint density at radius 2 is 1.97 bits per heavy atom. The Labute approximate surface area is 189 Å². The molecule has 0 spiro atoms. The number of alkyl halides is 3. The van der Waals surface area contributed by atoms with Crippen molar-refractivity contribution in [1.82, 2.24) is 20.2 Å². The van der Waals surface area contributed by atoms with Gasteiger partial charge in [-0.25, -0.2) is 9.78 Å². The number of benzene rings is 1. The molecule has 2 aliphatic rings. The van der Waals surface area contributed by atoms with Crippen LogP contribution < -0.4 is 16.0 Å². The van der Waals surface area contributed by atoms with Crippen LogP contribution in [0.2, 0.25) is 0 Å². The SMILES string of the molecule is COCCNc1nc(Nc2ccc3c(c2)[C@H]2CC[C@@H]3N2C(=O)NC(C)C)ncc1C(F)(F)F. The standard InChI is InChI=1S/C22H27F3N6O2/c1-12(2)28-21(32)31-17-6-7-18(31)15-10-13(4-5-14(15)17)29-20-27-11-16(22(23,24)25)19(30-20)26-8-9-33-3/h4-5,10-12,17-18H,6-9H2,1-3H3,(H,28,32)(H2,26,27,29,30)/t17-,18+/m0/s1. The Morgan fingerprint density at radius 3 is 2.64 bits per heavy atom. The van der Waals surface area contributed by atoms with Gasteiger partial charge in [-0.1, -0.05) is 6.07 Å². The van der Waals surface area contributed by atoms with Crippen molar-refractivity contribution in [3.8, 4) is 0 Å². The maximum atomic E-state index is 13.3. The normalized spacial score (nSPS) is 19.1. The molecule has 0 radical (unpaired) electrons. The largest absolute Gasteiger partial charge is 0.421 e. The monoisotopic (exact) mass is 464 g/mol. The first-order valence-corrected chi connectivity index (χ1v) is 10.9. The third-order valence-corrected chi connectivity index (χ3v) is 5.79. The number of carbonyl (C=O) groups is 1. The van der Waals surface area contributed by atoms with Crippen molar-refractivity contribution in [2.75, 3.05) is 30.9 Å². The summed E-state index contributed by atoms with van der Waals surface area (Å²) in [6.45, 7) is 4.26. The first-order chi connectivity index (χ1) is 15.7. The summed E-state index contributed by atoms with van der Waals surface area (Å²) in [6.07, 6.45) is -2.04. The number of amides is 2. The van der Waals surface area contributed by atoms with Crippen molar-refractivity contribution in [3.05, 3.63) is 41.1 Å². The molecule has 3 heterocycles. The van der Waals surface area contributed by atoms with Crippen molar-refractivity contribution < 1.29 is 22.7 Å². The third kappa shape index (κ3) is 4.68. The van der Waals surface area contributed by atoms with E-state index in [1.807, 2.05) is 36.9 Å². The molecule has 1 aromatic carbocycles. The lowest BCUT2D eigenvalue weighted by molar-refractivity contribution is -0.137. The van der Waals surface area contributed by atoms with E-state index in [9.17, 15) is 18.0 Å². The highest BCUT2D eigenvalue weighted by Gasteiger charge is 2.46. The van der Waals surface area contributed by atoms with Crippen LogP contribution in [0.25, 0.3) is 0 Å². The topological polar surface area (TPSA) is 91.4 Å². The number of aromatic nitrogens is 2. The van der Waals surface area contributed by atoms with Gasteiger partial charge in [0.05, 0.1) is 18.7 Å². The van der Waals surface area contributed by atoms with Crippen LogP contribution in [0.4, 0.5) is 35.4 Å². The van der Waals surface area contributed by atoms with E-state index >= 15 is 0 Å². The number of nitrogens with one attached hydrogen (secondary N) is 3. The van der Waals surface area contributed by atoms with Gasteiger partial charge < -0.3 is 25.6 Å². The van der Waals surface area contributed by atoms with Crippen LogP contribution in [0.15, 0.2) is 24.4 Å². The summed E-state index contributed by atoms with van der Waals surface area (Å²) >= 11 is 0. The predicted molar refractivity (Wildman–Crippen MR) is 117 cm³/mol. The number of carbonyl (C=O) groups excluding carboxylic acids is 1. The van der Waals surface area contributed by atoms with Gasteiger partial charge in [-0.3, -0.25) is 0 Å². The summed E-state index contributed by atoms with van der Waals surface area (Å²) in [4.78, 5) is 22.5. The van der Waals surface area contributed by atoms with Crippen LogP contribution in [0.3, 0.4) is 0 Å². The molecular formula is C22H27F3N6O2. The molecule has 0 saturated carbocycles. The van der Waals surface area contributed by atoms with E-state index in [1.54, 1.807) is 0 Å².